The maximum absolute atomic E-state index is 10.0. The highest BCUT2D eigenvalue weighted by molar-refractivity contribution is 7.16. The Bertz CT molecular complexity index is 1190. The van der Waals surface area contributed by atoms with Gasteiger partial charge in [-0.05, 0) is 35.9 Å². The molecule has 0 fully saturated rings. The van der Waals surface area contributed by atoms with Crippen molar-refractivity contribution < 1.29 is 9.84 Å². The summed E-state index contributed by atoms with van der Waals surface area (Å²) in [4.78, 5) is 0.795. The third kappa shape index (κ3) is 3.82. The van der Waals surface area contributed by atoms with Gasteiger partial charge in [0.2, 0.25) is 4.80 Å². The van der Waals surface area contributed by atoms with Gasteiger partial charge in [0.15, 0.2) is 0 Å². The van der Waals surface area contributed by atoms with E-state index in [1.807, 2.05) is 30.3 Å². The molecular formula is C22H19N3O2S. The molecule has 0 saturated heterocycles. The number of phenols is 1. The lowest BCUT2D eigenvalue weighted by Crippen LogP contribution is -2.15. The fraction of sp³-hybridized carbons (Fsp3) is 0.0909. The Morgan fingerprint density at radius 1 is 1.04 bits per heavy atom. The maximum atomic E-state index is 10.0. The van der Waals surface area contributed by atoms with Crippen LogP contribution in [0.25, 0.3) is 10.2 Å². The number of ether oxygens (including phenoxy) is 1. The van der Waals surface area contributed by atoms with Gasteiger partial charge in [0.1, 0.15) is 11.5 Å². The zero-order valence-electron chi connectivity index (χ0n) is 15.3. The first kappa shape index (κ1) is 18.0. The molecule has 6 heteroatoms. The van der Waals surface area contributed by atoms with E-state index in [1.165, 1.54) is 11.8 Å². The summed E-state index contributed by atoms with van der Waals surface area (Å²) in [5.41, 5.74) is 2.87. The van der Waals surface area contributed by atoms with Gasteiger partial charge in [-0.3, -0.25) is 0 Å². The lowest BCUT2D eigenvalue weighted by atomic mass is 10.2. The second-order valence-electron chi connectivity index (χ2n) is 6.19. The SMILES string of the molecule is COc1ccc(O)c(/C=N\N=c2/sc3ccccc3n2Cc2ccccc2)c1. The minimum atomic E-state index is 0.133. The topological polar surface area (TPSA) is 59.1 Å². The summed E-state index contributed by atoms with van der Waals surface area (Å²) in [6.45, 7) is 0.712. The van der Waals surface area contributed by atoms with Crippen LogP contribution in [0.1, 0.15) is 11.1 Å². The van der Waals surface area contributed by atoms with Crippen LogP contribution in [0.5, 0.6) is 11.5 Å². The van der Waals surface area contributed by atoms with E-state index < -0.39 is 0 Å². The summed E-state index contributed by atoms with van der Waals surface area (Å²) in [5.74, 6) is 0.786. The normalized spacial score (nSPS) is 12.1. The minimum absolute atomic E-state index is 0.133. The highest BCUT2D eigenvalue weighted by Gasteiger charge is 2.06. The van der Waals surface area contributed by atoms with Crippen LogP contribution in [0.3, 0.4) is 0 Å². The first-order valence-electron chi connectivity index (χ1n) is 8.81. The van der Waals surface area contributed by atoms with Crippen LogP contribution >= 0.6 is 11.3 Å². The molecule has 0 saturated carbocycles. The third-order valence-corrected chi connectivity index (χ3v) is 5.40. The summed E-state index contributed by atoms with van der Waals surface area (Å²) in [5, 5.41) is 18.7. The number of nitrogens with zero attached hydrogens (tertiary/aromatic N) is 3. The second kappa shape index (κ2) is 8.10. The summed E-state index contributed by atoms with van der Waals surface area (Å²) in [7, 11) is 1.58. The number of para-hydroxylation sites is 1. The van der Waals surface area contributed by atoms with Crippen LogP contribution in [0, 0.1) is 0 Å². The van der Waals surface area contributed by atoms with Gasteiger partial charge in [-0.2, -0.15) is 5.10 Å². The molecule has 0 radical (unpaired) electrons. The van der Waals surface area contributed by atoms with Gasteiger partial charge in [0.05, 0.1) is 30.1 Å². The number of hydrogen-bond donors (Lipinski definition) is 1. The first-order chi connectivity index (χ1) is 13.7. The average Bonchev–Trinajstić information content (AvgIpc) is 3.07. The summed E-state index contributed by atoms with van der Waals surface area (Å²) in [6, 6.07) is 23.5. The number of rotatable bonds is 5. The molecule has 0 aliphatic carbocycles. The molecule has 3 aromatic carbocycles. The fourth-order valence-corrected chi connectivity index (χ4v) is 3.91. The molecule has 0 aliphatic heterocycles. The lowest BCUT2D eigenvalue weighted by molar-refractivity contribution is 0.412. The molecule has 1 N–H and O–H groups in total. The summed E-state index contributed by atoms with van der Waals surface area (Å²) in [6.07, 6.45) is 1.54. The number of thiazole rings is 1. The molecular weight excluding hydrogens is 370 g/mol. The summed E-state index contributed by atoms with van der Waals surface area (Å²) >= 11 is 1.59. The van der Waals surface area contributed by atoms with Gasteiger partial charge in [0, 0.05) is 5.56 Å². The van der Waals surface area contributed by atoms with Crippen molar-refractivity contribution in [3.63, 3.8) is 0 Å². The van der Waals surface area contributed by atoms with Gasteiger partial charge in [-0.1, -0.05) is 53.8 Å². The quantitative estimate of drug-likeness (QED) is 0.406. The van der Waals surface area contributed by atoms with Crippen molar-refractivity contribution in [2.24, 2.45) is 10.2 Å². The molecule has 0 spiro atoms. The van der Waals surface area contributed by atoms with E-state index in [1.54, 1.807) is 36.6 Å². The van der Waals surface area contributed by atoms with Gasteiger partial charge in [-0.25, -0.2) is 0 Å². The molecule has 1 aromatic heterocycles. The molecule has 28 heavy (non-hydrogen) atoms. The third-order valence-electron chi connectivity index (χ3n) is 4.35. The number of aromatic hydroxyl groups is 1. The van der Waals surface area contributed by atoms with E-state index >= 15 is 0 Å². The van der Waals surface area contributed by atoms with Crippen molar-refractivity contribution in [3.8, 4) is 11.5 Å². The zero-order chi connectivity index (χ0) is 19.3. The Kier molecular flexibility index (Phi) is 5.21. The smallest absolute Gasteiger partial charge is 0.211 e. The largest absolute Gasteiger partial charge is 0.507 e. The van der Waals surface area contributed by atoms with Crippen LogP contribution in [0.4, 0.5) is 0 Å². The molecule has 1 heterocycles. The van der Waals surface area contributed by atoms with Crippen molar-refractivity contribution in [2.45, 2.75) is 6.54 Å². The number of phenolic OH excluding ortho intramolecular Hbond substituents is 1. The molecule has 0 aliphatic rings. The number of hydrogen-bond acceptors (Lipinski definition) is 5. The number of methoxy groups -OCH3 is 1. The Labute approximate surface area is 166 Å². The van der Waals surface area contributed by atoms with Crippen LogP contribution in [0.2, 0.25) is 0 Å². The van der Waals surface area contributed by atoms with E-state index in [-0.39, 0.29) is 5.75 Å². The van der Waals surface area contributed by atoms with Gasteiger partial charge >= 0.3 is 0 Å². The summed E-state index contributed by atoms with van der Waals surface area (Å²) < 4.78 is 8.49. The number of fused-ring (bicyclic) bond motifs is 1. The first-order valence-corrected chi connectivity index (χ1v) is 9.62. The van der Waals surface area contributed by atoms with Crippen molar-refractivity contribution in [2.75, 3.05) is 7.11 Å². The number of aromatic nitrogens is 1. The van der Waals surface area contributed by atoms with E-state index in [2.05, 4.69) is 39.0 Å². The Hall–Kier alpha value is -3.38. The average molecular weight is 389 g/mol. The molecule has 0 bridgehead atoms. The maximum Gasteiger partial charge on any atom is 0.211 e. The molecule has 4 rings (SSSR count). The molecule has 4 aromatic rings. The number of benzene rings is 3. The molecule has 5 nitrogen and oxygen atoms in total. The zero-order valence-corrected chi connectivity index (χ0v) is 16.1. The van der Waals surface area contributed by atoms with Crippen molar-refractivity contribution in [1.29, 1.82) is 0 Å². The Morgan fingerprint density at radius 2 is 1.82 bits per heavy atom. The Morgan fingerprint density at radius 3 is 2.64 bits per heavy atom. The fourth-order valence-electron chi connectivity index (χ4n) is 2.92. The second-order valence-corrected chi connectivity index (χ2v) is 7.20. The van der Waals surface area contributed by atoms with E-state index in [4.69, 9.17) is 4.74 Å². The predicted molar refractivity (Wildman–Crippen MR) is 113 cm³/mol. The standard InChI is InChI=1S/C22H19N3O2S/c1-27-18-11-12-20(26)17(13-18)14-23-24-22-25(15-16-7-3-2-4-8-16)19-9-5-6-10-21(19)28-22/h2-14,26H,15H2,1H3/b23-14-,24-22-. The van der Waals surface area contributed by atoms with Crippen molar-refractivity contribution in [1.82, 2.24) is 4.57 Å². The molecule has 0 atom stereocenters. The molecule has 140 valence electrons. The van der Waals surface area contributed by atoms with E-state index in [9.17, 15) is 5.11 Å². The van der Waals surface area contributed by atoms with E-state index in [0.29, 0.717) is 17.9 Å². The highest BCUT2D eigenvalue weighted by Crippen LogP contribution is 2.21. The Balaban J connectivity index is 1.74. The molecule has 0 unspecified atom stereocenters. The highest BCUT2D eigenvalue weighted by atomic mass is 32.1. The van der Waals surface area contributed by atoms with Crippen LogP contribution in [0.15, 0.2) is 83.0 Å². The van der Waals surface area contributed by atoms with E-state index in [0.717, 1.165) is 15.0 Å². The van der Waals surface area contributed by atoms with Gasteiger partial charge in [0.25, 0.3) is 0 Å². The predicted octanol–water partition coefficient (Wildman–Crippen LogP) is 4.40. The lowest BCUT2D eigenvalue weighted by Gasteiger charge is -2.05. The van der Waals surface area contributed by atoms with Crippen molar-refractivity contribution in [3.05, 3.63) is 88.7 Å². The van der Waals surface area contributed by atoms with Crippen LogP contribution < -0.4 is 9.54 Å². The van der Waals surface area contributed by atoms with Crippen molar-refractivity contribution >= 4 is 27.8 Å². The van der Waals surface area contributed by atoms with Crippen LogP contribution in [-0.2, 0) is 6.54 Å². The minimum Gasteiger partial charge on any atom is -0.507 e. The van der Waals surface area contributed by atoms with Crippen LogP contribution in [-0.4, -0.2) is 23.0 Å². The van der Waals surface area contributed by atoms with Gasteiger partial charge in [-0.15, -0.1) is 5.10 Å². The van der Waals surface area contributed by atoms with Gasteiger partial charge < -0.3 is 14.4 Å². The molecule has 0 amide bonds. The monoisotopic (exact) mass is 389 g/mol.